The van der Waals surface area contributed by atoms with Gasteiger partial charge in [0.25, 0.3) is 0 Å². The van der Waals surface area contributed by atoms with E-state index in [4.69, 9.17) is 4.74 Å². The summed E-state index contributed by atoms with van der Waals surface area (Å²) in [4.78, 5) is 2.59. The average molecular weight is 217 g/mol. The van der Waals surface area contributed by atoms with Crippen LogP contribution in [0, 0.1) is 0 Å². The van der Waals surface area contributed by atoms with Gasteiger partial charge in [-0.1, -0.05) is 30.3 Å². The second-order valence-electron chi connectivity index (χ2n) is 4.93. The normalized spacial score (nSPS) is 29.5. The van der Waals surface area contributed by atoms with Crippen molar-refractivity contribution >= 4 is 0 Å². The molecule has 0 radical (unpaired) electrons. The lowest BCUT2D eigenvalue weighted by Gasteiger charge is -2.46. The van der Waals surface area contributed by atoms with Gasteiger partial charge in [-0.05, 0) is 37.9 Å². The molecular weight excluding hydrogens is 198 g/mol. The van der Waals surface area contributed by atoms with Gasteiger partial charge in [0, 0.05) is 6.04 Å². The third-order valence-corrected chi connectivity index (χ3v) is 3.81. The van der Waals surface area contributed by atoms with Gasteiger partial charge in [0.2, 0.25) is 0 Å². The topological polar surface area (TPSA) is 12.5 Å². The Kier molecular flexibility index (Phi) is 2.94. The molecule has 1 heterocycles. The van der Waals surface area contributed by atoms with Crippen molar-refractivity contribution < 1.29 is 4.74 Å². The molecule has 16 heavy (non-hydrogen) atoms. The van der Waals surface area contributed by atoms with E-state index in [1.54, 1.807) is 0 Å². The van der Waals surface area contributed by atoms with Crippen LogP contribution in [-0.2, 0) is 11.3 Å². The molecule has 3 rings (SSSR count). The molecule has 1 aliphatic heterocycles. The number of likely N-dealkylation sites (tertiary alicyclic amines) is 1. The monoisotopic (exact) mass is 217 g/mol. The van der Waals surface area contributed by atoms with Crippen LogP contribution in [0.25, 0.3) is 0 Å². The van der Waals surface area contributed by atoms with Gasteiger partial charge in [-0.25, -0.2) is 0 Å². The van der Waals surface area contributed by atoms with Crippen LogP contribution in [0.2, 0.25) is 0 Å². The molecule has 0 N–H and O–H groups in total. The molecule has 1 aliphatic carbocycles. The summed E-state index contributed by atoms with van der Waals surface area (Å²) in [5.74, 6) is 0. The van der Waals surface area contributed by atoms with Crippen LogP contribution < -0.4 is 0 Å². The molecule has 2 nitrogen and oxygen atoms in total. The summed E-state index contributed by atoms with van der Waals surface area (Å²) in [5.41, 5.74) is 1.29. The van der Waals surface area contributed by atoms with E-state index in [1.165, 1.54) is 37.9 Å². The Hall–Kier alpha value is -0.860. The Bertz CT molecular complexity index is 328. The second-order valence-corrected chi connectivity index (χ2v) is 4.93. The molecule has 2 fully saturated rings. The van der Waals surface area contributed by atoms with Gasteiger partial charge in [0.15, 0.2) is 0 Å². The lowest BCUT2D eigenvalue weighted by Crippen LogP contribution is -2.53. The highest BCUT2D eigenvalue weighted by molar-refractivity contribution is 5.13. The number of rotatable bonds is 4. The van der Waals surface area contributed by atoms with Crippen LogP contribution in [-0.4, -0.2) is 30.1 Å². The first-order valence-corrected chi connectivity index (χ1v) is 6.31. The highest BCUT2D eigenvalue weighted by Gasteiger charge is 2.36. The minimum Gasteiger partial charge on any atom is -0.373 e. The third-order valence-electron chi connectivity index (χ3n) is 3.81. The van der Waals surface area contributed by atoms with Gasteiger partial charge in [0.05, 0.1) is 12.7 Å². The molecule has 0 unspecified atom stereocenters. The smallest absolute Gasteiger partial charge is 0.0720 e. The van der Waals surface area contributed by atoms with Crippen molar-refractivity contribution in [1.82, 2.24) is 4.90 Å². The molecule has 1 saturated carbocycles. The van der Waals surface area contributed by atoms with Gasteiger partial charge in [-0.15, -0.1) is 0 Å². The molecule has 2 aliphatic rings. The molecule has 0 bridgehead atoms. The third kappa shape index (κ3) is 2.13. The summed E-state index contributed by atoms with van der Waals surface area (Å²) in [6, 6.07) is 11.3. The fourth-order valence-electron chi connectivity index (χ4n) is 2.47. The Morgan fingerprint density at radius 1 is 1.12 bits per heavy atom. The maximum Gasteiger partial charge on any atom is 0.0720 e. The number of hydrogen-bond acceptors (Lipinski definition) is 2. The Morgan fingerprint density at radius 2 is 1.88 bits per heavy atom. The van der Waals surface area contributed by atoms with Gasteiger partial charge in [-0.2, -0.15) is 0 Å². The predicted octanol–water partition coefficient (Wildman–Crippen LogP) is 2.44. The van der Waals surface area contributed by atoms with Crippen molar-refractivity contribution in [2.24, 2.45) is 0 Å². The lowest BCUT2D eigenvalue weighted by molar-refractivity contribution is -0.0724. The van der Waals surface area contributed by atoms with Crippen molar-refractivity contribution in [3.8, 4) is 0 Å². The average Bonchev–Trinajstić information content (AvgIpc) is 2.20. The van der Waals surface area contributed by atoms with E-state index in [1.807, 2.05) is 6.07 Å². The van der Waals surface area contributed by atoms with Gasteiger partial charge in [-0.3, -0.25) is 0 Å². The number of ether oxygens (including phenoxy) is 1. The molecule has 2 heteroatoms. The van der Waals surface area contributed by atoms with Gasteiger partial charge < -0.3 is 9.64 Å². The SMILES string of the molecule is c1ccc(COC2CC(N3CCC3)C2)cc1. The molecule has 0 atom stereocenters. The van der Waals surface area contributed by atoms with Crippen LogP contribution in [0.3, 0.4) is 0 Å². The second kappa shape index (κ2) is 4.56. The van der Waals surface area contributed by atoms with Crippen LogP contribution in [0.5, 0.6) is 0 Å². The van der Waals surface area contributed by atoms with Crippen LogP contribution in [0.15, 0.2) is 30.3 Å². The number of hydrogen-bond donors (Lipinski definition) is 0. The van der Waals surface area contributed by atoms with Crippen LogP contribution >= 0.6 is 0 Å². The molecule has 0 spiro atoms. The van der Waals surface area contributed by atoms with E-state index < -0.39 is 0 Å². The van der Waals surface area contributed by atoms with E-state index in [0.717, 1.165) is 12.6 Å². The highest BCUT2D eigenvalue weighted by Crippen LogP contribution is 2.31. The van der Waals surface area contributed by atoms with E-state index in [0.29, 0.717) is 6.10 Å². The summed E-state index contributed by atoms with van der Waals surface area (Å²) in [6.07, 6.45) is 4.39. The fourth-order valence-corrected chi connectivity index (χ4v) is 2.47. The number of nitrogens with zero attached hydrogens (tertiary/aromatic N) is 1. The Balaban J connectivity index is 1.38. The minimum absolute atomic E-state index is 0.505. The van der Waals surface area contributed by atoms with Crippen molar-refractivity contribution in [3.63, 3.8) is 0 Å². The zero-order valence-corrected chi connectivity index (χ0v) is 9.64. The van der Waals surface area contributed by atoms with E-state index in [-0.39, 0.29) is 0 Å². The molecule has 0 amide bonds. The first-order chi connectivity index (χ1) is 7.92. The van der Waals surface area contributed by atoms with E-state index in [2.05, 4.69) is 29.2 Å². The number of benzene rings is 1. The zero-order valence-electron chi connectivity index (χ0n) is 9.64. The Labute approximate surface area is 97.2 Å². The Morgan fingerprint density at radius 3 is 2.50 bits per heavy atom. The lowest BCUT2D eigenvalue weighted by atomic mass is 9.86. The summed E-state index contributed by atoms with van der Waals surface area (Å²) in [7, 11) is 0. The first-order valence-electron chi connectivity index (χ1n) is 6.31. The minimum atomic E-state index is 0.505. The quantitative estimate of drug-likeness (QED) is 0.768. The maximum absolute atomic E-state index is 5.89. The van der Waals surface area contributed by atoms with Crippen molar-refractivity contribution in [2.45, 2.75) is 38.0 Å². The van der Waals surface area contributed by atoms with Crippen molar-refractivity contribution in [3.05, 3.63) is 35.9 Å². The van der Waals surface area contributed by atoms with Gasteiger partial charge >= 0.3 is 0 Å². The molecule has 86 valence electrons. The summed E-state index contributed by atoms with van der Waals surface area (Å²) >= 11 is 0. The van der Waals surface area contributed by atoms with Crippen LogP contribution in [0.4, 0.5) is 0 Å². The molecule has 0 aromatic heterocycles. The molecule has 1 aromatic carbocycles. The standard InChI is InChI=1S/C14H19NO/c1-2-5-12(6-3-1)11-16-14-9-13(10-14)15-7-4-8-15/h1-3,5-6,13-14H,4,7-11H2. The van der Waals surface area contributed by atoms with E-state index in [9.17, 15) is 0 Å². The van der Waals surface area contributed by atoms with E-state index >= 15 is 0 Å². The van der Waals surface area contributed by atoms with Gasteiger partial charge in [0.1, 0.15) is 0 Å². The van der Waals surface area contributed by atoms with Crippen molar-refractivity contribution in [1.29, 1.82) is 0 Å². The van der Waals surface area contributed by atoms with Crippen LogP contribution in [0.1, 0.15) is 24.8 Å². The molecular formula is C14H19NO. The summed E-state index contributed by atoms with van der Waals surface area (Å²) in [5, 5.41) is 0. The largest absolute Gasteiger partial charge is 0.373 e. The predicted molar refractivity (Wildman–Crippen MR) is 64.2 cm³/mol. The first kappa shape index (κ1) is 10.3. The maximum atomic E-state index is 5.89. The fraction of sp³-hybridized carbons (Fsp3) is 0.571. The summed E-state index contributed by atoms with van der Waals surface area (Å²) < 4.78 is 5.89. The highest BCUT2D eigenvalue weighted by atomic mass is 16.5. The zero-order chi connectivity index (χ0) is 10.8. The molecule has 1 aromatic rings. The van der Waals surface area contributed by atoms with Crippen molar-refractivity contribution in [2.75, 3.05) is 13.1 Å². The summed E-state index contributed by atoms with van der Waals surface area (Å²) in [6.45, 7) is 3.41. The molecule has 1 saturated heterocycles.